The van der Waals surface area contributed by atoms with Crippen molar-refractivity contribution in [2.24, 2.45) is 5.41 Å². The quantitative estimate of drug-likeness (QED) is 0.589. The molecule has 0 radical (unpaired) electrons. The molecule has 3 aromatic rings. The van der Waals surface area contributed by atoms with Crippen LogP contribution in [0.1, 0.15) is 38.5 Å². The monoisotopic (exact) mass is 448 g/mol. The second-order valence-corrected chi connectivity index (χ2v) is 10.8. The highest BCUT2D eigenvalue weighted by atomic mass is 32.2. The maximum atomic E-state index is 14.0. The van der Waals surface area contributed by atoms with E-state index in [-0.39, 0.29) is 16.1 Å². The van der Waals surface area contributed by atoms with E-state index >= 15 is 0 Å². The zero-order valence-electron chi connectivity index (χ0n) is 17.9. The van der Waals surface area contributed by atoms with Gasteiger partial charge in [0.15, 0.2) is 5.78 Å². The lowest BCUT2D eigenvalue weighted by Crippen LogP contribution is -2.39. The Hall–Kier alpha value is -3.32. The fourth-order valence-corrected chi connectivity index (χ4v) is 6.27. The molecule has 2 aliphatic rings. The number of fused-ring (bicyclic) bond motifs is 1. The Balaban J connectivity index is 1.83. The average Bonchev–Trinajstić information content (AvgIpc) is 3.23. The number of nitrogens with zero attached hydrogens (tertiary/aromatic N) is 1. The molecule has 1 aliphatic heterocycles. The fraction of sp³-hybridized carbons (Fsp3) is 0.240. The number of rotatable bonds is 3. The van der Waals surface area contributed by atoms with Crippen molar-refractivity contribution in [3.63, 3.8) is 0 Å². The van der Waals surface area contributed by atoms with Crippen LogP contribution >= 0.6 is 0 Å². The van der Waals surface area contributed by atoms with Gasteiger partial charge in [0.1, 0.15) is 11.8 Å². The first kappa shape index (κ1) is 20.6. The van der Waals surface area contributed by atoms with Crippen LogP contribution in [0.25, 0.3) is 0 Å². The SMILES string of the molecule is CC1(C)CC(=O)C2=C(C1)Nc1ccccc1N(S(=O)(=O)c1ccccc1)[C@H]2c1ccco1. The number of carbonyl (C=O) groups is 1. The molecule has 1 atom stereocenters. The summed E-state index contributed by atoms with van der Waals surface area (Å²) in [5, 5.41) is 3.40. The highest BCUT2D eigenvalue weighted by molar-refractivity contribution is 7.92. The summed E-state index contributed by atoms with van der Waals surface area (Å²) in [5.41, 5.74) is 2.05. The number of Topliss-reactive ketones (excluding diaryl/α,β-unsaturated/α-hetero) is 1. The number of benzene rings is 2. The summed E-state index contributed by atoms with van der Waals surface area (Å²) in [7, 11) is -4.03. The third kappa shape index (κ3) is 3.33. The molecule has 5 rings (SSSR count). The van der Waals surface area contributed by atoms with Gasteiger partial charge in [-0.1, -0.05) is 44.2 Å². The van der Waals surface area contributed by atoms with Gasteiger partial charge in [-0.05, 0) is 48.2 Å². The summed E-state index contributed by atoms with van der Waals surface area (Å²) in [6, 6.07) is 18.0. The number of hydrogen-bond donors (Lipinski definition) is 1. The highest BCUT2D eigenvalue weighted by Crippen LogP contribution is 2.49. The van der Waals surface area contributed by atoms with Crippen molar-refractivity contribution in [2.45, 2.75) is 37.6 Å². The molecule has 0 amide bonds. The molecule has 1 aromatic heterocycles. The minimum Gasteiger partial charge on any atom is -0.467 e. The van der Waals surface area contributed by atoms with Crippen LogP contribution in [0.3, 0.4) is 0 Å². The first-order valence-corrected chi connectivity index (χ1v) is 12.0. The number of hydrogen-bond acceptors (Lipinski definition) is 5. The van der Waals surface area contributed by atoms with E-state index in [4.69, 9.17) is 4.42 Å². The molecule has 2 aromatic carbocycles. The number of furan rings is 1. The van der Waals surface area contributed by atoms with Crippen LogP contribution in [0.15, 0.2) is 93.6 Å². The Morgan fingerprint density at radius 1 is 0.969 bits per heavy atom. The Morgan fingerprint density at radius 2 is 1.69 bits per heavy atom. The molecular weight excluding hydrogens is 424 g/mol. The van der Waals surface area contributed by atoms with Gasteiger partial charge in [0.05, 0.1) is 22.5 Å². The zero-order chi connectivity index (χ0) is 22.5. The van der Waals surface area contributed by atoms with Gasteiger partial charge in [0.25, 0.3) is 10.0 Å². The number of anilines is 2. The molecule has 164 valence electrons. The van der Waals surface area contributed by atoms with Gasteiger partial charge in [0.2, 0.25) is 0 Å². The first-order valence-electron chi connectivity index (χ1n) is 10.5. The van der Waals surface area contributed by atoms with Crippen molar-refractivity contribution < 1.29 is 17.6 Å². The van der Waals surface area contributed by atoms with Gasteiger partial charge in [-0.3, -0.25) is 4.79 Å². The van der Waals surface area contributed by atoms with Crippen LogP contribution in [-0.2, 0) is 14.8 Å². The van der Waals surface area contributed by atoms with E-state index in [0.717, 1.165) is 5.70 Å². The molecule has 0 fully saturated rings. The normalized spacial score (nSPS) is 20.2. The van der Waals surface area contributed by atoms with Crippen molar-refractivity contribution >= 4 is 27.2 Å². The minimum absolute atomic E-state index is 0.0776. The van der Waals surface area contributed by atoms with Crippen molar-refractivity contribution in [2.75, 3.05) is 9.62 Å². The number of sulfonamides is 1. The Kier molecular flexibility index (Phi) is 4.74. The molecule has 0 bridgehead atoms. The molecule has 0 spiro atoms. The maximum Gasteiger partial charge on any atom is 0.265 e. The van der Waals surface area contributed by atoms with Gasteiger partial charge >= 0.3 is 0 Å². The lowest BCUT2D eigenvalue weighted by Gasteiger charge is -2.36. The highest BCUT2D eigenvalue weighted by Gasteiger charge is 2.46. The molecule has 1 N–H and O–H groups in total. The molecule has 2 heterocycles. The molecule has 1 aliphatic carbocycles. The van der Waals surface area contributed by atoms with Crippen molar-refractivity contribution in [1.82, 2.24) is 0 Å². The van der Waals surface area contributed by atoms with E-state index in [1.54, 1.807) is 54.6 Å². The summed E-state index contributed by atoms with van der Waals surface area (Å²) < 4.78 is 35.1. The van der Waals surface area contributed by atoms with E-state index < -0.39 is 16.1 Å². The summed E-state index contributed by atoms with van der Waals surface area (Å²) in [5.74, 6) is 0.329. The number of allylic oxidation sites excluding steroid dienone is 1. The third-order valence-corrected chi connectivity index (χ3v) is 7.76. The first-order chi connectivity index (χ1) is 15.3. The molecule has 6 nitrogen and oxygen atoms in total. The Morgan fingerprint density at radius 3 is 2.41 bits per heavy atom. The van der Waals surface area contributed by atoms with E-state index in [2.05, 4.69) is 5.32 Å². The standard InChI is InChI=1S/C25H24N2O4S/c1-25(2)15-19-23(21(28)16-25)24(22-13-8-14-31-22)27(20-12-7-6-11-18(20)26-19)32(29,30)17-9-4-3-5-10-17/h3-14,24,26H,15-16H2,1-2H3/t24-/m0/s1. The third-order valence-electron chi connectivity index (χ3n) is 5.97. The summed E-state index contributed by atoms with van der Waals surface area (Å²) in [6.45, 7) is 4.10. The van der Waals surface area contributed by atoms with Gasteiger partial charge < -0.3 is 9.73 Å². The predicted molar refractivity (Wildman–Crippen MR) is 123 cm³/mol. The number of carbonyl (C=O) groups excluding carboxylic acids is 1. The molecule has 0 unspecified atom stereocenters. The maximum absolute atomic E-state index is 14.0. The van der Waals surface area contributed by atoms with Gasteiger partial charge in [-0.15, -0.1) is 0 Å². The largest absolute Gasteiger partial charge is 0.467 e. The van der Waals surface area contributed by atoms with Gasteiger partial charge in [-0.2, -0.15) is 0 Å². The zero-order valence-corrected chi connectivity index (χ0v) is 18.7. The molecule has 0 saturated carbocycles. The molecule has 32 heavy (non-hydrogen) atoms. The van der Waals surface area contributed by atoms with Gasteiger partial charge in [0, 0.05) is 17.7 Å². The number of nitrogens with one attached hydrogen (secondary N) is 1. The van der Waals surface area contributed by atoms with E-state index in [1.165, 1.54) is 10.6 Å². The minimum atomic E-state index is -4.03. The van der Waals surface area contributed by atoms with Crippen LogP contribution in [0, 0.1) is 5.41 Å². The Bertz CT molecular complexity index is 1310. The predicted octanol–water partition coefficient (Wildman–Crippen LogP) is 5.28. The van der Waals surface area contributed by atoms with Crippen LogP contribution in [0.5, 0.6) is 0 Å². The smallest absolute Gasteiger partial charge is 0.265 e. The van der Waals surface area contributed by atoms with Crippen LogP contribution in [0.4, 0.5) is 11.4 Å². The topological polar surface area (TPSA) is 79.6 Å². The summed E-state index contributed by atoms with van der Waals surface area (Å²) in [4.78, 5) is 13.7. The number of para-hydroxylation sites is 2. The average molecular weight is 449 g/mol. The van der Waals surface area contributed by atoms with Crippen molar-refractivity contribution in [3.8, 4) is 0 Å². The lowest BCUT2D eigenvalue weighted by atomic mass is 9.74. The molecule has 0 saturated heterocycles. The fourth-order valence-electron chi connectivity index (χ4n) is 4.63. The second-order valence-electron chi connectivity index (χ2n) is 9.01. The summed E-state index contributed by atoms with van der Waals surface area (Å²) in [6.07, 6.45) is 2.46. The van der Waals surface area contributed by atoms with Crippen molar-refractivity contribution in [3.05, 3.63) is 90.0 Å². The van der Waals surface area contributed by atoms with Crippen LogP contribution in [0.2, 0.25) is 0 Å². The van der Waals surface area contributed by atoms with Crippen molar-refractivity contribution in [1.29, 1.82) is 0 Å². The number of ketones is 1. The van der Waals surface area contributed by atoms with Crippen LogP contribution < -0.4 is 9.62 Å². The Labute approximate surface area is 187 Å². The van der Waals surface area contributed by atoms with Crippen LogP contribution in [-0.4, -0.2) is 14.2 Å². The lowest BCUT2D eigenvalue weighted by molar-refractivity contribution is -0.118. The van der Waals surface area contributed by atoms with E-state index in [0.29, 0.717) is 35.5 Å². The summed E-state index contributed by atoms with van der Waals surface area (Å²) >= 11 is 0. The van der Waals surface area contributed by atoms with E-state index in [1.807, 2.05) is 26.0 Å². The molecule has 7 heteroatoms. The van der Waals surface area contributed by atoms with Gasteiger partial charge in [-0.25, -0.2) is 12.7 Å². The van der Waals surface area contributed by atoms with E-state index in [9.17, 15) is 13.2 Å². The molecular formula is C25H24N2O4S. The second kappa shape index (κ2) is 7.38.